The lowest BCUT2D eigenvalue weighted by atomic mass is 9.91. The van der Waals surface area contributed by atoms with Crippen LogP contribution in [0.2, 0.25) is 0 Å². The summed E-state index contributed by atoms with van der Waals surface area (Å²) < 4.78 is 0. The lowest BCUT2D eigenvalue weighted by molar-refractivity contribution is 0.611. The number of thioether (sulfide) groups is 1. The highest BCUT2D eigenvalue weighted by Gasteiger charge is 2.33. The van der Waals surface area contributed by atoms with Gasteiger partial charge in [-0.2, -0.15) is 0 Å². The molecule has 90 valence electrons. The van der Waals surface area contributed by atoms with Gasteiger partial charge < -0.3 is 0 Å². The summed E-state index contributed by atoms with van der Waals surface area (Å²) in [6, 6.07) is 8.13. The van der Waals surface area contributed by atoms with Gasteiger partial charge >= 0.3 is 0 Å². The van der Waals surface area contributed by atoms with Crippen LogP contribution in [0.5, 0.6) is 0 Å². The Morgan fingerprint density at radius 2 is 2.00 bits per heavy atom. The van der Waals surface area contributed by atoms with E-state index in [0.29, 0.717) is 5.25 Å². The second-order valence-electron chi connectivity index (χ2n) is 4.96. The summed E-state index contributed by atoms with van der Waals surface area (Å²) in [6.45, 7) is 0. The highest BCUT2D eigenvalue weighted by atomic mass is 32.2. The van der Waals surface area contributed by atoms with Crippen LogP contribution < -0.4 is 0 Å². The molecule has 1 aromatic carbocycles. The van der Waals surface area contributed by atoms with Gasteiger partial charge in [0.2, 0.25) is 0 Å². The summed E-state index contributed by atoms with van der Waals surface area (Å²) in [5, 5.41) is 1.86. The molecule has 4 rings (SSSR count). The van der Waals surface area contributed by atoms with Gasteiger partial charge in [-0.3, -0.25) is 4.99 Å². The van der Waals surface area contributed by atoms with Gasteiger partial charge in [0.05, 0.1) is 11.4 Å². The van der Waals surface area contributed by atoms with Crippen molar-refractivity contribution >= 4 is 34.4 Å². The Bertz CT molecular complexity index is 598. The van der Waals surface area contributed by atoms with Crippen molar-refractivity contribution in [3.05, 3.63) is 35.4 Å². The zero-order chi connectivity index (χ0) is 11.9. The summed E-state index contributed by atoms with van der Waals surface area (Å²) in [4.78, 5) is 9.43. The first kappa shape index (κ1) is 10.6. The van der Waals surface area contributed by atoms with Crippen molar-refractivity contribution < 1.29 is 0 Å². The van der Waals surface area contributed by atoms with Gasteiger partial charge in [-0.15, -0.1) is 0 Å². The van der Waals surface area contributed by atoms with Crippen LogP contribution in [-0.4, -0.2) is 16.5 Å². The lowest BCUT2D eigenvalue weighted by Crippen LogP contribution is -2.09. The van der Waals surface area contributed by atoms with Crippen LogP contribution in [0.15, 0.2) is 45.4 Å². The van der Waals surface area contributed by atoms with Crippen molar-refractivity contribution in [2.24, 2.45) is 9.98 Å². The third-order valence-electron chi connectivity index (χ3n) is 3.82. The smallest absolute Gasteiger partial charge is 0.106 e. The fraction of sp³-hybridized carbons (Fsp3) is 0.333. The van der Waals surface area contributed by atoms with E-state index in [9.17, 15) is 0 Å². The summed E-state index contributed by atoms with van der Waals surface area (Å²) in [5.74, 6) is 0. The van der Waals surface area contributed by atoms with Crippen molar-refractivity contribution in [3.63, 3.8) is 0 Å². The van der Waals surface area contributed by atoms with Crippen LogP contribution in [0.1, 0.15) is 25.7 Å². The van der Waals surface area contributed by atoms with Gasteiger partial charge in [0.15, 0.2) is 0 Å². The largest absolute Gasteiger partial charge is 0.254 e. The third-order valence-corrected chi connectivity index (χ3v) is 5.16. The first-order chi connectivity index (χ1) is 8.92. The van der Waals surface area contributed by atoms with E-state index in [1.807, 2.05) is 36.2 Å². The van der Waals surface area contributed by atoms with Crippen LogP contribution >= 0.6 is 11.8 Å². The molecule has 1 unspecified atom stereocenters. The highest BCUT2D eigenvalue weighted by Crippen LogP contribution is 2.45. The number of fused-ring (bicyclic) bond motifs is 3. The summed E-state index contributed by atoms with van der Waals surface area (Å²) in [6.07, 6.45) is 7.25. The van der Waals surface area contributed by atoms with Crippen LogP contribution in [-0.2, 0) is 0 Å². The molecule has 2 nitrogen and oxygen atoms in total. The summed E-state index contributed by atoms with van der Waals surface area (Å²) in [5.41, 5.74) is 4.88. The van der Waals surface area contributed by atoms with Crippen LogP contribution in [0.4, 0.5) is 11.4 Å². The Morgan fingerprint density at radius 1 is 1.11 bits per heavy atom. The van der Waals surface area contributed by atoms with Crippen molar-refractivity contribution in [2.45, 2.75) is 30.9 Å². The molecule has 2 heterocycles. The predicted molar refractivity (Wildman–Crippen MR) is 78.6 cm³/mol. The van der Waals surface area contributed by atoms with Gasteiger partial charge in [-0.25, -0.2) is 4.99 Å². The first-order valence-corrected chi connectivity index (χ1v) is 7.42. The molecule has 3 aliphatic rings. The molecule has 0 saturated heterocycles. The first-order valence-electron chi connectivity index (χ1n) is 6.54. The second kappa shape index (κ2) is 4.09. The van der Waals surface area contributed by atoms with Crippen molar-refractivity contribution in [2.75, 3.05) is 0 Å². The van der Waals surface area contributed by atoms with E-state index in [-0.39, 0.29) is 0 Å². The Morgan fingerprint density at radius 3 is 2.94 bits per heavy atom. The van der Waals surface area contributed by atoms with Gasteiger partial charge in [0.1, 0.15) is 5.04 Å². The molecule has 1 aromatic rings. The number of nitrogens with zero attached hydrogens (tertiary/aromatic N) is 2. The van der Waals surface area contributed by atoms with Crippen LogP contribution in [0.3, 0.4) is 0 Å². The minimum absolute atomic E-state index is 0.671. The van der Waals surface area contributed by atoms with Crippen LogP contribution in [0.25, 0.3) is 0 Å². The molecule has 3 heteroatoms. The van der Waals surface area contributed by atoms with Crippen molar-refractivity contribution in [1.82, 2.24) is 0 Å². The van der Waals surface area contributed by atoms with Gasteiger partial charge in [0.25, 0.3) is 0 Å². The van der Waals surface area contributed by atoms with E-state index in [1.54, 1.807) is 5.57 Å². The Hall–Kier alpha value is -1.35. The van der Waals surface area contributed by atoms with Crippen molar-refractivity contribution in [1.29, 1.82) is 0 Å². The number of aliphatic imine (C=N–C) groups is 2. The average molecular weight is 254 g/mol. The summed E-state index contributed by atoms with van der Waals surface area (Å²) >= 11 is 1.94. The Balaban J connectivity index is 1.86. The third kappa shape index (κ3) is 1.57. The molecule has 0 amide bonds. The van der Waals surface area contributed by atoms with E-state index in [4.69, 9.17) is 4.99 Å². The molecule has 1 saturated carbocycles. The summed E-state index contributed by atoms with van der Waals surface area (Å²) in [7, 11) is 0. The molecular formula is C15H14N2S. The molecular weight excluding hydrogens is 240 g/mol. The van der Waals surface area contributed by atoms with E-state index in [0.717, 1.165) is 11.4 Å². The number of benzene rings is 1. The number of rotatable bonds is 0. The highest BCUT2D eigenvalue weighted by molar-refractivity contribution is 8.15. The van der Waals surface area contributed by atoms with Gasteiger partial charge in [-0.1, -0.05) is 30.3 Å². The molecule has 1 atom stereocenters. The second-order valence-corrected chi connectivity index (χ2v) is 6.15. The number of para-hydroxylation sites is 2. The van der Waals surface area contributed by atoms with Crippen molar-refractivity contribution in [3.8, 4) is 0 Å². The van der Waals surface area contributed by atoms with Gasteiger partial charge in [-0.05, 0) is 37.0 Å². The van der Waals surface area contributed by atoms with Crippen LogP contribution in [0, 0.1) is 0 Å². The molecule has 2 aliphatic heterocycles. The molecule has 0 radical (unpaired) electrons. The zero-order valence-corrected chi connectivity index (χ0v) is 10.9. The topological polar surface area (TPSA) is 24.7 Å². The zero-order valence-electron chi connectivity index (χ0n) is 10.1. The quantitative estimate of drug-likeness (QED) is 0.672. The molecule has 0 spiro atoms. The molecule has 0 aromatic heterocycles. The predicted octanol–water partition coefficient (Wildman–Crippen LogP) is 4.42. The fourth-order valence-electron chi connectivity index (χ4n) is 2.89. The fourth-order valence-corrected chi connectivity index (χ4v) is 4.29. The maximum absolute atomic E-state index is 4.82. The lowest BCUT2D eigenvalue weighted by Gasteiger charge is -2.19. The standard InChI is InChI=1S/C15H14N2S/c1-4-8-14-10(5-1)11-9-16-12-6-2-3-7-13(12)17-15(11)18-14/h2-3,6-7,9,14H,1,4-5,8H2. The van der Waals surface area contributed by atoms with E-state index in [2.05, 4.69) is 11.1 Å². The maximum atomic E-state index is 4.82. The van der Waals surface area contributed by atoms with E-state index < -0.39 is 0 Å². The average Bonchev–Trinajstić information content (AvgIpc) is 2.65. The monoisotopic (exact) mass is 254 g/mol. The number of hydrogen-bond donors (Lipinski definition) is 0. The molecule has 0 bridgehead atoms. The Labute approximate surface area is 111 Å². The SMILES string of the molecule is C1=Nc2ccccc2N=C2SC3CCCCC3=C12. The molecule has 0 N–H and O–H groups in total. The molecule has 1 aliphatic carbocycles. The minimum Gasteiger partial charge on any atom is -0.254 e. The normalized spacial score (nSPS) is 25.1. The van der Waals surface area contributed by atoms with E-state index in [1.165, 1.54) is 36.3 Å². The minimum atomic E-state index is 0.671. The molecule has 1 fully saturated rings. The maximum Gasteiger partial charge on any atom is 0.106 e. The molecule has 18 heavy (non-hydrogen) atoms. The van der Waals surface area contributed by atoms with Gasteiger partial charge in [0, 0.05) is 17.0 Å². The Kier molecular flexibility index (Phi) is 2.40. The number of hydrogen-bond acceptors (Lipinski definition) is 3. The van der Waals surface area contributed by atoms with E-state index >= 15 is 0 Å².